The lowest BCUT2D eigenvalue weighted by Gasteiger charge is -2.53. The number of rotatable bonds is 2. The normalized spacial score (nSPS) is 43.3. The highest BCUT2D eigenvalue weighted by Crippen LogP contribution is 2.67. The Kier molecular flexibility index (Phi) is 4.09. The standard InChI is InChI=1S/C22H30O4/c1-12(23)20(26)22(3)9-7-18-16-11-19(25)17-10-13(24)4-5-14(17)15(16)6-8-21(18,22)2/h10,12,16,18-19,23,25H,4-9,11H2,1-3H3/t12?,16-,18+,19?,21+,22+/m1/s1. The fourth-order valence-electron chi connectivity index (χ4n) is 6.67. The van der Waals surface area contributed by atoms with Gasteiger partial charge in [-0.15, -0.1) is 0 Å². The number of carbonyl (C=O) groups is 2. The van der Waals surface area contributed by atoms with E-state index in [1.54, 1.807) is 13.0 Å². The molecule has 0 radical (unpaired) electrons. The van der Waals surface area contributed by atoms with Gasteiger partial charge in [-0.05, 0) is 79.9 Å². The van der Waals surface area contributed by atoms with Gasteiger partial charge in [0.2, 0.25) is 0 Å². The Morgan fingerprint density at radius 3 is 2.65 bits per heavy atom. The maximum Gasteiger partial charge on any atom is 0.167 e. The number of Topliss-reactive ketones (excluding diaryl/α,β-unsaturated/α-hetero) is 1. The molecule has 6 atom stereocenters. The fraction of sp³-hybridized carbons (Fsp3) is 0.727. The fourth-order valence-corrected chi connectivity index (χ4v) is 6.67. The molecule has 2 unspecified atom stereocenters. The predicted molar refractivity (Wildman–Crippen MR) is 98.3 cm³/mol. The smallest absolute Gasteiger partial charge is 0.167 e. The van der Waals surface area contributed by atoms with Crippen LogP contribution in [-0.2, 0) is 9.59 Å². The summed E-state index contributed by atoms with van der Waals surface area (Å²) in [5.74, 6) is 0.755. The van der Waals surface area contributed by atoms with E-state index in [0.717, 1.165) is 37.7 Å². The molecule has 0 spiro atoms. The zero-order chi connectivity index (χ0) is 18.9. The van der Waals surface area contributed by atoms with E-state index < -0.39 is 17.6 Å². The first-order valence-electron chi connectivity index (χ1n) is 10.1. The summed E-state index contributed by atoms with van der Waals surface area (Å²) in [6.45, 7) is 5.86. The van der Waals surface area contributed by atoms with E-state index in [-0.39, 0.29) is 17.0 Å². The van der Waals surface area contributed by atoms with Gasteiger partial charge in [0.15, 0.2) is 11.6 Å². The minimum Gasteiger partial charge on any atom is -0.388 e. The van der Waals surface area contributed by atoms with E-state index >= 15 is 0 Å². The maximum absolute atomic E-state index is 12.9. The van der Waals surface area contributed by atoms with Crippen LogP contribution in [0.25, 0.3) is 0 Å². The summed E-state index contributed by atoms with van der Waals surface area (Å²) < 4.78 is 0. The molecule has 0 heterocycles. The van der Waals surface area contributed by atoms with Gasteiger partial charge in [0.05, 0.1) is 6.10 Å². The Bertz CT molecular complexity index is 730. The first-order valence-corrected chi connectivity index (χ1v) is 10.1. The number of fused-ring (bicyclic) bond motifs is 4. The number of aliphatic hydroxyl groups is 2. The Morgan fingerprint density at radius 1 is 1.23 bits per heavy atom. The third kappa shape index (κ3) is 2.27. The number of carbonyl (C=O) groups excluding carboxylic acids is 2. The second-order valence-corrected chi connectivity index (χ2v) is 9.36. The molecule has 4 rings (SSSR count). The molecule has 4 aliphatic carbocycles. The van der Waals surface area contributed by atoms with E-state index in [4.69, 9.17) is 0 Å². The SMILES string of the molecule is CC(O)C(=O)[C@]1(C)CC[C@H]2[C@@H]3CC(O)C4=CC(=O)CCC4=C3CC[C@@]21C. The van der Waals surface area contributed by atoms with Crippen LogP contribution in [-0.4, -0.2) is 34.0 Å². The summed E-state index contributed by atoms with van der Waals surface area (Å²) in [7, 11) is 0. The third-order valence-corrected chi connectivity index (χ3v) is 8.31. The zero-order valence-corrected chi connectivity index (χ0v) is 16.0. The van der Waals surface area contributed by atoms with Crippen LogP contribution in [0.3, 0.4) is 0 Å². The largest absolute Gasteiger partial charge is 0.388 e. The molecular formula is C22H30O4. The average molecular weight is 358 g/mol. The summed E-state index contributed by atoms with van der Waals surface area (Å²) >= 11 is 0. The van der Waals surface area contributed by atoms with Crippen LogP contribution < -0.4 is 0 Å². The first-order chi connectivity index (χ1) is 12.2. The molecule has 4 nitrogen and oxygen atoms in total. The molecule has 0 bridgehead atoms. The van der Waals surface area contributed by atoms with Crippen LogP contribution in [0.1, 0.15) is 65.7 Å². The van der Waals surface area contributed by atoms with Crippen molar-refractivity contribution in [1.29, 1.82) is 0 Å². The van der Waals surface area contributed by atoms with E-state index in [2.05, 4.69) is 6.92 Å². The number of aliphatic hydroxyl groups excluding tert-OH is 2. The average Bonchev–Trinajstić information content (AvgIpc) is 2.87. The second-order valence-electron chi connectivity index (χ2n) is 9.36. The molecule has 4 heteroatoms. The van der Waals surface area contributed by atoms with Crippen molar-refractivity contribution in [3.05, 3.63) is 22.8 Å². The Morgan fingerprint density at radius 2 is 1.96 bits per heavy atom. The second kappa shape index (κ2) is 5.87. The molecule has 142 valence electrons. The zero-order valence-electron chi connectivity index (χ0n) is 16.0. The molecule has 2 N–H and O–H groups in total. The van der Waals surface area contributed by atoms with Crippen molar-refractivity contribution in [2.24, 2.45) is 22.7 Å². The number of ketones is 2. The van der Waals surface area contributed by atoms with Gasteiger partial charge in [-0.2, -0.15) is 0 Å². The van der Waals surface area contributed by atoms with Crippen LogP contribution in [0.15, 0.2) is 22.8 Å². The number of hydrogen-bond donors (Lipinski definition) is 2. The van der Waals surface area contributed by atoms with E-state index in [9.17, 15) is 19.8 Å². The molecule has 0 aromatic carbocycles. The summed E-state index contributed by atoms with van der Waals surface area (Å²) in [4.78, 5) is 24.7. The highest BCUT2D eigenvalue weighted by molar-refractivity contribution is 5.93. The monoisotopic (exact) mass is 358 g/mol. The minimum absolute atomic E-state index is 0.0289. The van der Waals surface area contributed by atoms with Gasteiger partial charge in [-0.3, -0.25) is 9.59 Å². The third-order valence-electron chi connectivity index (χ3n) is 8.31. The maximum atomic E-state index is 12.9. The van der Waals surface area contributed by atoms with Crippen molar-refractivity contribution >= 4 is 11.6 Å². The topological polar surface area (TPSA) is 74.6 Å². The Hall–Kier alpha value is -1.26. The van der Waals surface area contributed by atoms with E-state index in [1.807, 2.05) is 6.92 Å². The quantitative estimate of drug-likeness (QED) is 0.795. The van der Waals surface area contributed by atoms with Gasteiger partial charge < -0.3 is 10.2 Å². The van der Waals surface area contributed by atoms with Gasteiger partial charge in [-0.1, -0.05) is 19.4 Å². The van der Waals surface area contributed by atoms with Crippen molar-refractivity contribution in [2.45, 2.75) is 77.9 Å². The molecule has 0 saturated heterocycles. The van der Waals surface area contributed by atoms with Crippen molar-refractivity contribution in [3.63, 3.8) is 0 Å². The van der Waals surface area contributed by atoms with Gasteiger partial charge in [0, 0.05) is 11.8 Å². The summed E-state index contributed by atoms with van der Waals surface area (Å²) in [6.07, 6.45) is 5.80. The first kappa shape index (κ1) is 18.1. The number of hydrogen-bond acceptors (Lipinski definition) is 4. The minimum atomic E-state index is -0.925. The lowest BCUT2D eigenvalue weighted by Crippen LogP contribution is -2.50. The Labute approximate surface area is 155 Å². The number of allylic oxidation sites excluding steroid dienone is 2. The molecule has 2 fully saturated rings. The van der Waals surface area contributed by atoms with Crippen LogP contribution >= 0.6 is 0 Å². The summed E-state index contributed by atoms with van der Waals surface area (Å²) in [6, 6.07) is 0. The van der Waals surface area contributed by atoms with E-state index in [1.165, 1.54) is 11.1 Å². The van der Waals surface area contributed by atoms with Crippen LogP contribution in [0, 0.1) is 22.7 Å². The van der Waals surface area contributed by atoms with Gasteiger partial charge >= 0.3 is 0 Å². The molecule has 0 amide bonds. The van der Waals surface area contributed by atoms with Gasteiger partial charge in [0.25, 0.3) is 0 Å². The molecule has 26 heavy (non-hydrogen) atoms. The Balaban J connectivity index is 1.75. The van der Waals surface area contributed by atoms with Crippen molar-refractivity contribution in [1.82, 2.24) is 0 Å². The molecule has 2 saturated carbocycles. The highest BCUT2D eigenvalue weighted by Gasteiger charge is 2.62. The van der Waals surface area contributed by atoms with Crippen molar-refractivity contribution < 1.29 is 19.8 Å². The molecule has 0 aliphatic heterocycles. The van der Waals surface area contributed by atoms with Crippen LogP contribution in [0.5, 0.6) is 0 Å². The molecule has 0 aromatic heterocycles. The molecule has 0 aromatic rings. The van der Waals surface area contributed by atoms with Crippen LogP contribution in [0.4, 0.5) is 0 Å². The van der Waals surface area contributed by atoms with Crippen molar-refractivity contribution in [3.8, 4) is 0 Å². The molecule has 4 aliphatic rings. The lowest BCUT2D eigenvalue weighted by molar-refractivity contribution is -0.144. The van der Waals surface area contributed by atoms with Gasteiger partial charge in [-0.25, -0.2) is 0 Å². The molecular weight excluding hydrogens is 328 g/mol. The van der Waals surface area contributed by atoms with Crippen molar-refractivity contribution in [2.75, 3.05) is 0 Å². The lowest BCUT2D eigenvalue weighted by atomic mass is 9.51. The van der Waals surface area contributed by atoms with Crippen LogP contribution in [0.2, 0.25) is 0 Å². The van der Waals surface area contributed by atoms with E-state index in [0.29, 0.717) is 24.7 Å². The highest BCUT2D eigenvalue weighted by atomic mass is 16.3. The summed E-state index contributed by atoms with van der Waals surface area (Å²) in [5.41, 5.74) is 2.89. The predicted octanol–water partition coefficient (Wildman–Crippen LogP) is 3.12. The van der Waals surface area contributed by atoms with Gasteiger partial charge in [0.1, 0.15) is 6.10 Å². The summed E-state index contributed by atoms with van der Waals surface area (Å²) in [5, 5.41) is 20.7.